The van der Waals surface area contributed by atoms with Crippen LogP contribution in [0.3, 0.4) is 0 Å². The van der Waals surface area contributed by atoms with E-state index in [-0.39, 0.29) is 27.5 Å². The number of amides is 1. The van der Waals surface area contributed by atoms with E-state index in [1.165, 1.54) is 20.3 Å². The van der Waals surface area contributed by atoms with E-state index in [2.05, 4.69) is 14.8 Å². The molecule has 0 bridgehead atoms. The Morgan fingerprint density at radius 1 is 1.00 bits per heavy atom. The number of methoxy groups -OCH3 is 2. The first-order valence-corrected chi connectivity index (χ1v) is 12.3. The molecule has 0 unspecified atom stereocenters. The molecule has 0 aliphatic carbocycles. The number of carbonyl (C=O) groups excluding carboxylic acids is 1. The summed E-state index contributed by atoms with van der Waals surface area (Å²) in [6, 6.07) is 13.6. The third-order valence-electron chi connectivity index (χ3n) is 5.52. The van der Waals surface area contributed by atoms with Crippen LogP contribution in [-0.2, 0) is 15.4 Å². The summed E-state index contributed by atoms with van der Waals surface area (Å²) in [6.07, 6.45) is 3.46. The molecule has 4 rings (SSSR count). The van der Waals surface area contributed by atoms with Gasteiger partial charge < -0.3 is 9.47 Å². The van der Waals surface area contributed by atoms with Gasteiger partial charge in [-0.3, -0.25) is 4.79 Å². The minimum Gasteiger partial charge on any atom is -0.495 e. The van der Waals surface area contributed by atoms with Gasteiger partial charge in [0.15, 0.2) is 4.90 Å². The number of pyridine rings is 1. The third-order valence-corrected chi connectivity index (χ3v) is 6.91. The van der Waals surface area contributed by atoms with Gasteiger partial charge in [0.2, 0.25) is 0 Å². The SMILES string of the molecule is COc1cc(C(C)(C)C)cc(OC)c1S(=O)(=O)NC(=O)c1ccc2c(-n3cccn3)cccc2n1. The van der Waals surface area contributed by atoms with Crippen LogP contribution in [0.5, 0.6) is 11.5 Å². The monoisotopic (exact) mass is 494 g/mol. The van der Waals surface area contributed by atoms with Gasteiger partial charge in [-0.15, -0.1) is 0 Å². The van der Waals surface area contributed by atoms with Crippen molar-refractivity contribution < 1.29 is 22.7 Å². The van der Waals surface area contributed by atoms with Gasteiger partial charge in [0, 0.05) is 17.8 Å². The number of fused-ring (bicyclic) bond motifs is 1. The van der Waals surface area contributed by atoms with Crippen LogP contribution in [0.2, 0.25) is 0 Å². The number of aromatic nitrogens is 3. The van der Waals surface area contributed by atoms with Gasteiger partial charge in [-0.1, -0.05) is 26.8 Å². The molecule has 2 heterocycles. The Labute approximate surface area is 203 Å². The molecule has 9 nitrogen and oxygen atoms in total. The maximum atomic E-state index is 13.3. The second-order valence-corrected chi connectivity index (χ2v) is 10.5. The number of carbonyl (C=O) groups is 1. The highest BCUT2D eigenvalue weighted by molar-refractivity contribution is 7.90. The molecule has 1 amide bonds. The molecule has 0 atom stereocenters. The number of hydrogen-bond donors (Lipinski definition) is 1. The standard InChI is InChI=1S/C25H26N4O5S/c1-25(2,3)16-14-21(33-4)23(22(15-16)34-5)35(31,32)28-24(30)19-11-10-17-18(27-19)8-6-9-20(17)29-13-7-12-26-29/h6-15H,1-5H3,(H,28,30). The van der Waals surface area contributed by atoms with E-state index in [9.17, 15) is 13.2 Å². The van der Waals surface area contributed by atoms with Crippen molar-refractivity contribution in [1.82, 2.24) is 19.5 Å². The van der Waals surface area contributed by atoms with Gasteiger partial charge >= 0.3 is 0 Å². The molecule has 35 heavy (non-hydrogen) atoms. The Morgan fingerprint density at radius 2 is 1.69 bits per heavy atom. The first-order valence-electron chi connectivity index (χ1n) is 10.8. The average molecular weight is 495 g/mol. The maximum absolute atomic E-state index is 13.3. The molecule has 0 saturated carbocycles. The number of benzene rings is 2. The molecule has 182 valence electrons. The van der Waals surface area contributed by atoms with Crippen molar-refractivity contribution >= 4 is 26.8 Å². The average Bonchev–Trinajstić information content (AvgIpc) is 3.36. The van der Waals surface area contributed by atoms with Gasteiger partial charge in [0.05, 0.1) is 25.4 Å². The summed E-state index contributed by atoms with van der Waals surface area (Å²) in [5, 5.41) is 5.00. The van der Waals surface area contributed by atoms with Crippen LogP contribution in [0, 0.1) is 0 Å². The first-order chi connectivity index (χ1) is 16.5. The van der Waals surface area contributed by atoms with E-state index in [1.807, 2.05) is 26.8 Å². The van der Waals surface area contributed by atoms with Crippen LogP contribution in [0.1, 0.15) is 36.8 Å². The normalized spacial score (nSPS) is 11.9. The first kappa shape index (κ1) is 24.2. The predicted octanol–water partition coefficient (Wildman–Crippen LogP) is 3.85. The minimum absolute atomic E-state index is 0.0528. The van der Waals surface area contributed by atoms with Crippen molar-refractivity contribution in [3.63, 3.8) is 0 Å². The van der Waals surface area contributed by atoms with E-state index in [0.717, 1.165) is 16.6 Å². The van der Waals surface area contributed by atoms with E-state index in [4.69, 9.17) is 9.47 Å². The fourth-order valence-corrected chi connectivity index (χ4v) is 4.94. The van der Waals surface area contributed by atoms with E-state index < -0.39 is 15.9 Å². The number of nitrogens with one attached hydrogen (secondary N) is 1. The molecule has 2 aromatic carbocycles. The second-order valence-electron chi connectivity index (χ2n) is 8.89. The summed E-state index contributed by atoms with van der Waals surface area (Å²) in [5.41, 5.74) is 1.79. The van der Waals surface area contributed by atoms with Crippen molar-refractivity contribution in [3.8, 4) is 17.2 Å². The molecular formula is C25H26N4O5S. The summed E-state index contributed by atoms with van der Waals surface area (Å²) in [5.74, 6) is -0.727. The summed E-state index contributed by atoms with van der Waals surface area (Å²) >= 11 is 0. The molecule has 0 radical (unpaired) electrons. The van der Waals surface area contributed by atoms with E-state index in [0.29, 0.717) is 5.52 Å². The molecule has 0 aliphatic rings. The summed E-state index contributed by atoms with van der Waals surface area (Å²) in [6.45, 7) is 5.96. The van der Waals surface area contributed by atoms with Crippen LogP contribution >= 0.6 is 0 Å². The second kappa shape index (κ2) is 9.03. The Hall–Kier alpha value is -3.92. The quantitative estimate of drug-likeness (QED) is 0.433. The molecule has 1 N–H and O–H groups in total. The van der Waals surface area contributed by atoms with E-state index >= 15 is 0 Å². The molecule has 0 spiro atoms. The van der Waals surface area contributed by atoms with Gasteiger partial charge in [-0.25, -0.2) is 22.8 Å². The number of rotatable bonds is 6. The Kier molecular flexibility index (Phi) is 6.25. The van der Waals surface area contributed by atoms with Gasteiger partial charge in [-0.2, -0.15) is 5.10 Å². The van der Waals surface area contributed by atoms with Crippen LogP contribution in [0.25, 0.3) is 16.6 Å². The molecule has 10 heteroatoms. The van der Waals surface area contributed by atoms with Gasteiger partial charge in [0.1, 0.15) is 17.2 Å². The van der Waals surface area contributed by atoms with Crippen LogP contribution < -0.4 is 14.2 Å². The van der Waals surface area contributed by atoms with Gasteiger partial charge in [-0.05, 0) is 53.4 Å². The van der Waals surface area contributed by atoms with Gasteiger partial charge in [0.25, 0.3) is 15.9 Å². The fourth-order valence-electron chi connectivity index (χ4n) is 3.68. The number of nitrogens with zero attached hydrogens (tertiary/aromatic N) is 3. The highest BCUT2D eigenvalue weighted by Gasteiger charge is 2.30. The molecule has 2 aromatic heterocycles. The summed E-state index contributed by atoms with van der Waals surface area (Å²) in [4.78, 5) is 17.1. The molecule has 0 saturated heterocycles. The van der Waals surface area contributed by atoms with E-state index in [1.54, 1.807) is 53.5 Å². The molecule has 0 fully saturated rings. The maximum Gasteiger partial charge on any atom is 0.283 e. The number of ether oxygens (including phenoxy) is 2. The Bertz CT molecular complexity index is 1480. The zero-order chi connectivity index (χ0) is 25.4. The Balaban J connectivity index is 1.71. The smallest absolute Gasteiger partial charge is 0.283 e. The predicted molar refractivity (Wildman–Crippen MR) is 132 cm³/mol. The lowest BCUT2D eigenvalue weighted by atomic mass is 9.87. The topological polar surface area (TPSA) is 112 Å². The van der Waals surface area contributed by atoms with Crippen LogP contribution in [0.15, 0.2) is 65.8 Å². The number of hydrogen-bond acceptors (Lipinski definition) is 7. The zero-order valence-corrected chi connectivity index (χ0v) is 20.9. The van der Waals surface area contributed by atoms with Crippen molar-refractivity contribution in [2.75, 3.05) is 14.2 Å². The molecule has 4 aromatic rings. The van der Waals surface area contributed by atoms with Crippen molar-refractivity contribution in [2.45, 2.75) is 31.1 Å². The summed E-state index contributed by atoms with van der Waals surface area (Å²) < 4.78 is 41.1. The number of sulfonamides is 1. The molecular weight excluding hydrogens is 468 g/mol. The lowest BCUT2D eigenvalue weighted by molar-refractivity contribution is 0.0977. The Morgan fingerprint density at radius 3 is 2.26 bits per heavy atom. The third kappa shape index (κ3) is 4.69. The van der Waals surface area contributed by atoms with Crippen LogP contribution in [0.4, 0.5) is 0 Å². The zero-order valence-electron chi connectivity index (χ0n) is 20.1. The summed E-state index contributed by atoms with van der Waals surface area (Å²) in [7, 11) is -1.63. The lowest BCUT2D eigenvalue weighted by Gasteiger charge is -2.23. The molecule has 0 aliphatic heterocycles. The minimum atomic E-state index is -4.36. The largest absolute Gasteiger partial charge is 0.495 e. The van der Waals surface area contributed by atoms with Crippen molar-refractivity contribution in [3.05, 3.63) is 72.2 Å². The fraction of sp³-hybridized carbons (Fsp3) is 0.240. The lowest BCUT2D eigenvalue weighted by Crippen LogP contribution is -2.32. The van der Waals surface area contributed by atoms with Crippen molar-refractivity contribution in [2.24, 2.45) is 0 Å². The highest BCUT2D eigenvalue weighted by Crippen LogP contribution is 2.38. The van der Waals surface area contributed by atoms with Crippen LogP contribution in [-0.4, -0.2) is 43.3 Å². The van der Waals surface area contributed by atoms with Crippen molar-refractivity contribution in [1.29, 1.82) is 0 Å². The highest BCUT2D eigenvalue weighted by atomic mass is 32.2.